The molecule has 1 N–H and O–H groups in total. The zero-order valence-corrected chi connectivity index (χ0v) is 11.5. The summed E-state index contributed by atoms with van der Waals surface area (Å²) >= 11 is 0. The molecule has 0 aliphatic heterocycles. The number of pyridine rings is 1. The Morgan fingerprint density at radius 3 is 2.39 bits per heavy atom. The summed E-state index contributed by atoms with van der Waals surface area (Å²) in [5.74, 6) is 0.577. The zero-order valence-electron chi connectivity index (χ0n) is 11.5. The molecule has 1 heterocycles. The molecule has 5 heteroatoms. The highest BCUT2D eigenvalue weighted by atomic mass is 16.1. The topological polar surface area (TPSA) is 65.8 Å². The molecule has 1 aromatic rings. The quantitative estimate of drug-likeness (QED) is 0.819. The van der Waals surface area contributed by atoms with Crippen LogP contribution in [0.5, 0.6) is 0 Å². The number of nitriles is 1. The Kier molecular flexibility index (Phi) is 3.73. The van der Waals surface area contributed by atoms with Gasteiger partial charge in [0.1, 0.15) is 5.54 Å². The van der Waals surface area contributed by atoms with Crippen molar-refractivity contribution in [3.05, 3.63) is 23.9 Å². The number of amides is 1. The number of hydrogen-bond acceptors (Lipinski definition) is 3. The Balaban J connectivity index is 2.87. The minimum atomic E-state index is -0.879. The van der Waals surface area contributed by atoms with Gasteiger partial charge in [-0.15, -0.1) is 0 Å². The van der Waals surface area contributed by atoms with Crippen LogP contribution in [0.1, 0.15) is 24.2 Å². The number of carbonyl (C=O) groups is 1. The Bertz CT molecular complexity index is 477. The molecule has 0 atom stereocenters. The molecule has 0 saturated heterocycles. The maximum absolute atomic E-state index is 11.9. The molecule has 18 heavy (non-hydrogen) atoms. The second-order valence-corrected chi connectivity index (χ2v) is 5.61. The lowest BCUT2D eigenvalue weighted by Gasteiger charge is -2.22. The number of rotatable bonds is 3. The number of nitrogens with zero attached hydrogens (tertiary/aromatic N) is 3. The predicted octanol–water partition coefficient (Wildman–Crippen LogP) is 1.31. The number of hydrogen-bond donors (Lipinski definition) is 1. The van der Waals surface area contributed by atoms with Gasteiger partial charge < -0.3 is 5.32 Å². The third-order valence-corrected chi connectivity index (χ3v) is 2.40. The second kappa shape index (κ2) is 4.75. The molecule has 1 rings (SSSR count). The highest BCUT2D eigenvalue weighted by Gasteiger charge is 2.21. The third-order valence-electron chi connectivity index (χ3n) is 2.40. The van der Waals surface area contributed by atoms with Crippen LogP contribution in [0.15, 0.2) is 18.3 Å². The van der Waals surface area contributed by atoms with Gasteiger partial charge in [-0.2, -0.15) is 5.26 Å². The van der Waals surface area contributed by atoms with E-state index in [1.807, 2.05) is 33.3 Å². The molecule has 0 aliphatic carbocycles. The van der Waals surface area contributed by atoms with Gasteiger partial charge in [-0.25, -0.2) is 4.98 Å². The molecule has 96 valence electrons. The molecule has 0 radical (unpaired) electrons. The standard InChI is InChI=1S/C13H18N4O/c1-13(2,9-14)16-12(18)10-6-7-11(15-8-10)17(3,4)5/h6-8H,1-5H3/p+1. The van der Waals surface area contributed by atoms with Crippen LogP contribution in [0.4, 0.5) is 5.82 Å². The summed E-state index contributed by atoms with van der Waals surface area (Å²) in [6.45, 7) is 3.30. The first-order valence-corrected chi connectivity index (χ1v) is 5.67. The van der Waals surface area contributed by atoms with Gasteiger partial charge in [0.2, 0.25) is 5.82 Å². The zero-order chi connectivity index (χ0) is 14.0. The van der Waals surface area contributed by atoms with E-state index in [4.69, 9.17) is 5.26 Å². The first-order valence-electron chi connectivity index (χ1n) is 5.67. The number of carbonyl (C=O) groups excluding carboxylic acids is 1. The van der Waals surface area contributed by atoms with Crippen molar-refractivity contribution in [2.45, 2.75) is 19.4 Å². The van der Waals surface area contributed by atoms with Gasteiger partial charge >= 0.3 is 0 Å². The highest BCUT2D eigenvalue weighted by molar-refractivity contribution is 5.94. The Morgan fingerprint density at radius 2 is 2.00 bits per heavy atom. The first kappa shape index (κ1) is 14.1. The van der Waals surface area contributed by atoms with Crippen molar-refractivity contribution in [2.75, 3.05) is 21.1 Å². The van der Waals surface area contributed by atoms with E-state index < -0.39 is 5.54 Å². The molecule has 0 bridgehead atoms. The fraction of sp³-hybridized carbons (Fsp3) is 0.462. The van der Waals surface area contributed by atoms with Crippen molar-refractivity contribution in [1.29, 1.82) is 5.26 Å². The van der Waals surface area contributed by atoms with Gasteiger partial charge in [-0.3, -0.25) is 9.28 Å². The van der Waals surface area contributed by atoms with E-state index in [2.05, 4.69) is 10.3 Å². The molecular formula is C13H19N4O+. The van der Waals surface area contributed by atoms with Gasteiger partial charge in [0.05, 0.1) is 32.8 Å². The third kappa shape index (κ3) is 3.54. The molecule has 1 amide bonds. The minimum Gasteiger partial charge on any atom is -0.334 e. The maximum Gasteiger partial charge on any atom is 0.254 e. The molecule has 0 fully saturated rings. The van der Waals surface area contributed by atoms with Crippen LogP contribution < -0.4 is 9.80 Å². The molecule has 0 unspecified atom stereocenters. The monoisotopic (exact) mass is 247 g/mol. The van der Waals surface area contributed by atoms with Gasteiger partial charge in [0.25, 0.3) is 5.91 Å². The molecule has 1 aromatic heterocycles. The van der Waals surface area contributed by atoms with E-state index in [0.29, 0.717) is 10.0 Å². The van der Waals surface area contributed by atoms with E-state index in [9.17, 15) is 4.79 Å². The number of nitrogens with one attached hydrogen (secondary N) is 1. The average molecular weight is 247 g/mol. The van der Waals surface area contributed by atoms with E-state index >= 15 is 0 Å². The predicted molar refractivity (Wildman–Crippen MR) is 71.0 cm³/mol. The van der Waals surface area contributed by atoms with Crippen LogP contribution >= 0.6 is 0 Å². The van der Waals surface area contributed by atoms with Crippen LogP contribution in [0.2, 0.25) is 0 Å². The van der Waals surface area contributed by atoms with E-state index in [-0.39, 0.29) is 5.91 Å². The fourth-order valence-corrected chi connectivity index (χ4v) is 1.30. The van der Waals surface area contributed by atoms with E-state index in [1.54, 1.807) is 19.9 Å². The lowest BCUT2D eigenvalue weighted by molar-refractivity contribution is 0.0929. The second-order valence-electron chi connectivity index (χ2n) is 5.61. The molecule has 5 nitrogen and oxygen atoms in total. The van der Waals surface area contributed by atoms with Crippen LogP contribution in [0, 0.1) is 11.3 Å². The number of aromatic nitrogens is 1. The van der Waals surface area contributed by atoms with Gasteiger partial charge in [-0.1, -0.05) is 0 Å². The molecule has 0 saturated carbocycles. The summed E-state index contributed by atoms with van der Waals surface area (Å²) < 4.78 is 0.589. The average Bonchev–Trinajstić information content (AvgIpc) is 2.27. The molecule has 0 spiro atoms. The van der Waals surface area contributed by atoms with Crippen molar-refractivity contribution in [3.63, 3.8) is 0 Å². The normalized spacial score (nSPS) is 11.8. The number of quaternary nitrogens is 1. The van der Waals surface area contributed by atoms with Crippen molar-refractivity contribution >= 4 is 11.7 Å². The summed E-state index contributed by atoms with van der Waals surface area (Å²) in [5.41, 5.74) is -0.425. The molecule has 0 aliphatic rings. The first-order chi connectivity index (χ1) is 8.15. The Hall–Kier alpha value is -1.93. The summed E-state index contributed by atoms with van der Waals surface area (Å²) in [6, 6.07) is 5.55. The van der Waals surface area contributed by atoms with Gasteiger partial charge in [0, 0.05) is 12.3 Å². The molecular weight excluding hydrogens is 228 g/mol. The van der Waals surface area contributed by atoms with E-state index in [1.165, 1.54) is 6.20 Å². The Morgan fingerprint density at radius 1 is 1.39 bits per heavy atom. The SMILES string of the molecule is CC(C)(C#N)NC(=O)c1ccc([N+](C)(C)C)nc1. The van der Waals surface area contributed by atoms with Crippen LogP contribution in [0.25, 0.3) is 0 Å². The Labute approximate surface area is 108 Å². The lowest BCUT2D eigenvalue weighted by Crippen LogP contribution is -2.42. The summed E-state index contributed by atoms with van der Waals surface area (Å²) in [6.07, 6.45) is 1.53. The van der Waals surface area contributed by atoms with Crippen molar-refractivity contribution in [3.8, 4) is 6.07 Å². The van der Waals surface area contributed by atoms with Gasteiger partial charge in [-0.05, 0) is 19.9 Å². The fourth-order valence-electron chi connectivity index (χ4n) is 1.30. The summed E-state index contributed by atoms with van der Waals surface area (Å²) in [5, 5.41) is 11.5. The van der Waals surface area contributed by atoms with Crippen LogP contribution in [-0.2, 0) is 0 Å². The minimum absolute atomic E-state index is 0.290. The van der Waals surface area contributed by atoms with E-state index in [0.717, 1.165) is 5.82 Å². The lowest BCUT2D eigenvalue weighted by atomic mass is 10.1. The maximum atomic E-state index is 11.9. The van der Waals surface area contributed by atoms with Crippen molar-refractivity contribution in [1.82, 2.24) is 14.8 Å². The van der Waals surface area contributed by atoms with Crippen molar-refractivity contribution in [2.24, 2.45) is 0 Å². The molecule has 0 aromatic carbocycles. The largest absolute Gasteiger partial charge is 0.334 e. The van der Waals surface area contributed by atoms with Gasteiger partial charge in [0.15, 0.2) is 0 Å². The van der Waals surface area contributed by atoms with Crippen molar-refractivity contribution < 1.29 is 4.79 Å². The van der Waals surface area contributed by atoms with Crippen LogP contribution in [0.3, 0.4) is 0 Å². The summed E-state index contributed by atoms with van der Waals surface area (Å²) in [4.78, 5) is 16.1. The highest BCUT2D eigenvalue weighted by Crippen LogP contribution is 2.13. The summed E-state index contributed by atoms with van der Waals surface area (Å²) in [7, 11) is 6.00. The van der Waals surface area contributed by atoms with Crippen LogP contribution in [-0.4, -0.2) is 37.6 Å². The smallest absolute Gasteiger partial charge is 0.254 e.